The first kappa shape index (κ1) is 47.1. The van der Waals surface area contributed by atoms with Gasteiger partial charge in [0, 0.05) is 70.8 Å². The largest absolute Gasteiger partial charge is 0.444 e. The predicted octanol–water partition coefficient (Wildman–Crippen LogP) is 2.72. The Kier molecular flexibility index (Phi) is 15.0. The van der Waals surface area contributed by atoms with Crippen molar-refractivity contribution in [2.75, 3.05) is 67.1 Å². The van der Waals surface area contributed by atoms with Gasteiger partial charge in [-0.05, 0) is 84.4 Å². The molecule has 1 fully saturated rings. The van der Waals surface area contributed by atoms with Crippen LogP contribution in [0.3, 0.4) is 0 Å². The number of hydrogen-bond acceptors (Lipinski definition) is 15. The van der Waals surface area contributed by atoms with Crippen LogP contribution in [0.5, 0.6) is 0 Å². The number of hydrogen-bond donors (Lipinski definition) is 4. The van der Waals surface area contributed by atoms with Crippen molar-refractivity contribution in [3.05, 3.63) is 65.1 Å². The Labute approximate surface area is 351 Å². The van der Waals surface area contributed by atoms with E-state index in [9.17, 15) is 36.5 Å². The predicted molar refractivity (Wildman–Crippen MR) is 223 cm³/mol. The number of carbonyl (C=O) groups excluding carboxylic acids is 3. The van der Waals surface area contributed by atoms with Crippen LogP contribution in [0.15, 0.2) is 47.5 Å². The Bertz CT molecular complexity index is 2270. The number of nitrogens with zero attached hydrogens (tertiary/aromatic N) is 7. The number of rotatable bonds is 14. The Morgan fingerprint density at radius 2 is 1.50 bits per heavy atom. The Balaban J connectivity index is 1.49. The Hall–Kier alpha value is -5.63. The van der Waals surface area contributed by atoms with E-state index in [4.69, 9.17) is 9.47 Å². The Morgan fingerprint density at radius 1 is 0.900 bits per heavy atom. The van der Waals surface area contributed by atoms with Crippen LogP contribution in [-0.2, 0) is 36.1 Å². The number of sulfonamides is 2. The number of nitrogens with one attached hydrogen (secondary N) is 4. The maximum Gasteiger partial charge on any atom is 0.407 e. The molecule has 1 aromatic carbocycles. The molecule has 326 valence electrons. The van der Waals surface area contributed by atoms with E-state index in [1.165, 1.54) is 35.6 Å². The van der Waals surface area contributed by atoms with Gasteiger partial charge >= 0.3 is 12.2 Å². The highest BCUT2D eigenvalue weighted by Gasteiger charge is 2.30. The average Bonchev–Trinajstić information content (AvgIpc) is 3.15. The molecule has 2 aromatic heterocycles. The first-order valence-electron chi connectivity index (χ1n) is 18.9. The number of aromatic nitrogens is 3. The van der Waals surface area contributed by atoms with E-state index in [1.54, 1.807) is 60.6 Å². The smallest absolute Gasteiger partial charge is 0.407 e. The van der Waals surface area contributed by atoms with E-state index >= 15 is 0 Å². The highest BCUT2D eigenvalue weighted by molar-refractivity contribution is 7.92. The van der Waals surface area contributed by atoms with Crippen molar-refractivity contribution < 1.29 is 40.7 Å². The SMILES string of the molecule is Cc1cc(C#N)nc(N2CCN(S(=O)(=O)c3ccc(NC(=O)c4cc(CNC(CNC(=O)OC(C)(C)C)CNC(=O)OC(C)(C)C)ccc4N(C)S(C)(=O)=O)nc3)CC2)n1. The van der Waals surface area contributed by atoms with E-state index in [1.807, 2.05) is 11.0 Å². The molecule has 0 bridgehead atoms. The molecule has 4 rings (SSSR count). The molecule has 0 atom stereocenters. The minimum absolute atomic E-state index is 0.00616. The summed E-state index contributed by atoms with van der Waals surface area (Å²) in [6.45, 7) is 13.1. The van der Waals surface area contributed by atoms with Crippen molar-refractivity contribution in [1.29, 1.82) is 5.26 Å². The van der Waals surface area contributed by atoms with Crippen LogP contribution < -0.4 is 30.5 Å². The number of benzene rings is 1. The third-order valence-corrected chi connectivity index (χ3v) is 11.7. The number of aryl methyl sites for hydroxylation is 1. The van der Waals surface area contributed by atoms with Gasteiger partial charge in [-0.25, -0.2) is 41.4 Å². The lowest BCUT2D eigenvalue weighted by atomic mass is 10.1. The monoisotopic (exact) mass is 871 g/mol. The van der Waals surface area contributed by atoms with Gasteiger partial charge in [0.2, 0.25) is 26.0 Å². The molecule has 20 nitrogen and oxygen atoms in total. The molecule has 1 aliphatic heterocycles. The van der Waals surface area contributed by atoms with Crippen molar-refractivity contribution in [3.8, 4) is 6.07 Å². The zero-order valence-corrected chi connectivity index (χ0v) is 36.8. The lowest BCUT2D eigenvalue weighted by Gasteiger charge is -2.34. The van der Waals surface area contributed by atoms with Crippen LogP contribution in [-0.4, -0.2) is 124 Å². The summed E-state index contributed by atoms with van der Waals surface area (Å²) >= 11 is 0. The summed E-state index contributed by atoms with van der Waals surface area (Å²) in [6.07, 6.45) is 0.788. The van der Waals surface area contributed by atoms with Gasteiger partial charge in [-0.3, -0.25) is 9.10 Å². The summed E-state index contributed by atoms with van der Waals surface area (Å²) in [6, 6.07) is 10.2. The van der Waals surface area contributed by atoms with Crippen molar-refractivity contribution in [2.24, 2.45) is 0 Å². The number of pyridine rings is 1. The summed E-state index contributed by atoms with van der Waals surface area (Å²) in [7, 11) is -6.49. The molecule has 1 saturated heterocycles. The molecule has 22 heteroatoms. The van der Waals surface area contributed by atoms with Crippen molar-refractivity contribution >= 4 is 55.6 Å². The molecule has 0 unspecified atom stereocenters. The zero-order chi connectivity index (χ0) is 44.6. The third kappa shape index (κ3) is 13.7. The molecular weight excluding hydrogens is 819 g/mol. The summed E-state index contributed by atoms with van der Waals surface area (Å²) in [5, 5.41) is 20.5. The van der Waals surface area contributed by atoms with E-state index < -0.39 is 55.4 Å². The minimum atomic E-state index is -3.98. The van der Waals surface area contributed by atoms with Gasteiger partial charge in [0.1, 0.15) is 33.7 Å². The average molecular weight is 872 g/mol. The number of nitriles is 1. The van der Waals surface area contributed by atoms with Crippen molar-refractivity contribution in [3.63, 3.8) is 0 Å². The molecule has 4 N–H and O–H groups in total. The van der Waals surface area contributed by atoms with Gasteiger partial charge in [0.15, 0.2) is 0 Å². The third-order valence-electron chi connectivity index (χ3n) is 8.61. The number of amides is 3. The highest BCUT2D eigenvalue weighted by atomic mass is 32.2. The van der Waals surface area contributed by atoms with Gasteiger partial charge in [-0.1, -0.05) is 6.07 Å². The molecule has 3 aromatic rings. The van der Waals surface area contributed by atoms with Gasteiger partial charge in [0.05, 0.1) is 17.5 Å². The number of alkyl carbamates (subject to hydrolysis) is 2. The molecule has 0 spiro atoms. The fourth-order valence-corrected chi connectivity index (χ4v) is 7.55. The van der Waals surface area contributed by atoms with Gasteiger partial charge in [-0.15, -0.1) is 0 Å². The van der Waals surface area contributed by atoms with Crippen molar-refractivity contribution in [2.45, 2.75) is 77.2 Å². The summed E-state index contributed by atoms with van der Waals surface area (Å²) in [4.78, 5) is 53.1. The van der Waals surface area contributed by atoms with Crippen LogP contribution in [0, 0.1) is 18.3 Å². The van der Waals surface area contributed by atoms with Gasteiger partial charge in [-0.2, -0.15) is 9.57 Å². The summed E-state index contributed by atoms with van der Waals surface area (Å²) < 4.78 is 65.2. The fourth-order valence-electron chi connectivity index (χ4n) is 5.67. The summed E-state index contributed by atoms with van der Waals surface area (Å²) in [5.74, 6) is -0.372. The van der Waals surface area contributed by atoms with E-state index in [-0.39, 0.29) is 60.4 Å². The van der Waals surface area contributed by atoms with Crippen molar-refractivity contribution in [1.82, 2.24) is 35.2 Å². The van der Waals surface area contributed by atoms with Gasteiger partial charge < -0.3 is 35.6 Å². The molecule has 0 saturated carbocycles. The quantitative estimate of drug-likeness (QED) is 0.182. The molecule has 0 radical (unpaired) electrons. The topological polar surface area (TPSA) is 258 Å². The standard InChI is InChI=1S/C38H53N11O9S2/c1-25-18-27(20-39)45-34(44-25)48-14-16-49(17-15-48)60(55,56)29-11-13-32(41-24-29)46-33(50)30-19-26(10-12-31(30)47(8)59(9,53)54)21-40-28(22-42-35(51)57-37(2,3)4)23-43-36(52)58-38(5,6)7/h10-13,18-19,24,28,40H,14-17,21-23H2,1-9H3,(H,42,51)(H,43,52)(H,41,46,50). The first-order valence-corrected chi connectivity index (χ1v) is 22.2. The van der Waals surface area contributed by atoms with E-state index in [0.29, 0.717) is 30.3 Å². The second kappa shape index (κ2) is 19.2. The number of anilines is 3. The zero-order valence-electron chi connectivity index (χ0n) is 35.2. The lowest BCUT2D eigenvalue weighted by Crippen LogP contribution is -2.49. The number of carbonyl (C=O) groups is 3. The molecule has 60 heavy (non-hydrogen) atoms. The molecule has 3 amide bonds. The van der Waals surface area contributed by atoms with Crippen LogP contribution in [0.1, 0.15) is 68.9 Å². The fraction of sp³-hybridized carbons (Fsp3) is 0.500. The highest BCUT2D eigenvalue weighted by Crippen LogP contribution is 2.26. The van der Waals surface area contributed by atoms with Crippen LogP contribution in [0.25, 0.3) is 0 Å². The van der Waals surface area contributed by atoms with Crippen LogP contribution in [0.4, 0.5) is 27.0 Å². The second-order valence-corrected chi connectivity index (χ2v) is 19.9. The Morgan fingerprint density at radius 3 is 2.02 bits per heavy atom. The molecular formula is C38H53N11O9S2. The van der Waals surface area contributed by atoms with E-state index in [0.717, 1.165) is 16.8 Å². The lowest BCUT2D eigenvalue weighted by molar-refractivity contribution is 0.0514. The number of ether oxygens (including phenoxy) is 2. The maximum absolute atomic E-state index is 13.8. The molecule has 0 aliphatic carbocycles. The van der Waals surface area contributed by atoms with Crippen LogP contribution in [0.2, 0.25) is 0 Å². The maximum atomic E-state index is 13.8. The van der Waals surface area contributed by atoms with E-state index in [2.05, 4.69) is 36.2 Å². The van der Waals surface area contributed by atoms with Gasteiger partial charge in [0.25, 0.3) is 5.91 Å². The molecule has 3 heterocycles. The van der Waals surface area contributed by atoms with Crippen LogP contribution >= 0.6 is 0 Å². The number of piperazine rings is 1. The first-order chi connectivity index (χ1) is 27.8. The normalized spacial score (nSPS) is 13.9. The second-order valence-electron chi connectivity index (χ2n) is 16.0. The summed E-state index contributed by atoms with van der Waals surface area (Å²) in [5.41, 5.74) is -0.0735. The molecule has 1 aliphatic rings. The minimum Gasteiger partial charge on any atom is -0.444 e.